The van der Waals surface area contributed by atoms with Crippen LogP contribution in [-0.2, 0) is 4.79 Å². The quantitative estimate of drug-likeness (QED) is 0.182. The molecule has 0 fully saturated rings. The van der Waals surface area contributed by atoms with Crippen molar-refractivity contribution in [2.75, 3.05) is 68.8 Å². The highest BCUT2D eigenvalue weighted by molar-refractivity contribution is 6.32. The minimum Gasteiger partial charge on any atom is -0.494 e. The average Bonchev–Trinajstić information content (AvgIpc) is 2.93. The Morgan fingerprint density at radius 3 is 2.39 bits per heavy atom. The standard InChI is InChI=1S/C30H40ClN7O3/c1-8-30(39)36-23-16-24(27(40-7)17-25(23)38(6)13-12-37(4)5)35-29-18-28(32-19-33-29)34-21-9-10-26(22(31)15-21)41-14-11-20(2)3/h8-10,15-20H,1,11-14H2,2-7H3,(H,36,39)(H2,32,33,34,35). The topological polar surface area (TPSA) is 104 Å². The highest BCUT2D eigenvalue weighted by Crippen LogP contribution is 2.38. The van der Waals surface area contributed by atoms with E-state index >= 15 is 0 Å². The maximum absolute atomic E-state index is 12.2. The van der Waals surface area contributed by atoms with Gasteiger partial charge in [-0.1, -0.05) is 32.0 Å². The number of carbonyl (C=O) groups is 1. The van der Waals surface area contributed by atoms with Gasteiger partial charge in [-0.05, 0) is 56.8 Å². The summed E-state index contributed by atoms with van der Waals surface area (Å²) >= 11 is 6.45. The fourth-order valence-corrected chi connectivity index (χ4v) is 4.02. The molecule has 3 rings (SSSR count). The number of anilines is 6. The highest BCUT2D eigenvalue weighted by atomic mass is 35.5. The van der Waals surface area contributed by atoms with Crippen LogP contribution in [-0.4, -0.2) is 68.7 Å². The first kappa shape index (κ1) is 31.5. The largest absolute Gasteiger partial charge is 0.494 e. The molecule has 0 atom stereocenters. The van der Waals surface area contributed by atoms with E-state index in [0.29, 0.717) is 52.1 Å². The third kappa shape index (κ3) is 9.54. The van der Waals surface area contributed by atoms with Gasteiger partial charge in [0, 0.05) is 38.0 Å². The molecule has 3 aromatic rings. The number of methoxy groups -OCH3 is 1. The van der Waals surface area contributed by atoms with Crippen molar-refractivity contribution in [3.63, 3.8) is 0 Å². The summed E-state index contributed by atoms with van der Waals surface area (Å²) < 4.78 is 11.5. The summed E-state index contributed by atoms with van der Waals surface area (Å²) in [4.78, 5) is 25.1. The zero-order valence-electron chi connectivity index (χ0n) is 24.6. The zero-order valence-corrected chi connectivity index (χ0v) is 25.4. The van der Waals surface area contributed by atoms with Crippen molar-refractivity contribution < 1.29 is 14.3 Å². The number of carbonyl (C=O) groups excluding carboxylic acids is 1. The van der Waals surface area contributed by atoms with Crippen LogP contribution in [0.25, 0.3) is 0 Å². The lowest BCUT2D eigenvalue weighted by Crippen LogP contribution is -2.29. The first-order valence-corrected chi connectivity index (χ1v) is 13.8. The van der Waals surface area contributed by atoms with Gasteiger partial charge in [0.15, 0.2) is 0 Å². The van der Waals surface area contributed by atoms with E-state index in [1.165, 1.54) is 12.4 Å². The van der Waals surface area contributed by atoms with Crippen molar-refractivity contribution in [3.05, 3.63) is 60.4 Å². The molecule has 0 bridgehead atoms. The van der Waals surface area contributed by atoms with Crippen LogP contribution in [0.5, 0.6) is 11.5 Å². The number of halogens is 1. The third-order valence-corrected chi connectivity index (χ3v) is 6.44. The maximum atomic E-state index is 12.2. The smallest absolute Gasteiger partial charge is 0.247 e. The van der Waals surface area contributed by atoms with Crippen LogP contribution in [0, 0.1) is 5.92 Å². The second-order valence-corrected chi connectivity index (χ2v) is 10.6. The van der Waals surface area contributed by atoms with Crippen molar-refractivity contribution in [1.82, 2.24) is 14.9 Å². The first-order chi connectivity index (χ1) is 19.6. The van der Waals surface area contributed by atoms with E-state index < -0.39 is 0 Å². The molecule has 0 saturated carbocycles. The second-order valence-electron chi connectivity index (χ2n) is 10.2. The van der Waals surface area contributed by atoms with E-state index in [9.17, 15) is 4.79 Å². The van der Waals surface area contributed by atoms with Gasteiger partial charge < -0.3 is 35.2 Å². The molecule has 0 spiro atoms. The predicted octanol–water partition coefficient (Wildman–Crippen LogP) is 6.17. The van der Waals surface area contributed by atoms with Crippen LogP contribution in [0.3, 0.4) is 0 Å². The highest BCUT2D eigenvalue weighted by Gasteiger charge is 2.16. The molecule has 0 radical (unpaired) electrons. The molecule has 1 amide bonds. The number of hydrogen-bond donors (Lipinski definition) is 3. The summed E-state index contributed by atoms with van der Waals surface area (Å²) in [5.74, 6) is 2.56. The van der Waals surface area contributed by atoms with Gasteiger partial charge in [0.1, 0.15) is 29.5 Å². The van der Waals surface area contributed by atoms with Crippen LogP contribution >= 0.6 is 11.6 Å². The first-order valence-electron chi connectivity index (χ1n) is 13.4. The van der Waals surface area contributed by atoms with Crippen LogP contribution in [0.1, 0.15) is 20.3 Å². The van der Waals surface area contributed by atoms with E-state index in [0.717, 1.165) is 30.9 Å². The van der Waals surface area contributed by atoms with E-state index in [1.807, 2.05) is 45.4 Å². The van der Waals surface area contributed by atoms with Crippen LogP contribution in [0.2, 0.25) is 5.02 Å². The number of hydrogen-bond acceptors (Lipinski definition) is 9. The van der Waals surface area contributed by atoms with Crippen LogP contribution < -0.4 is 30.3 Å². The summed E-state index contributed by atoms with van der Waals surface area (Å²) in [6.07, 6.45) is 3.64. The van der Waals surface area contributed by atoms with Crippen molar-refractivity contribution in [3.8, 4) is 11.5 Å². The van der Waals surface area contributed by atoms with Gasteiger partial charge in [0.25, 0.3) is 0 Å². The molecular formula is C30H40ClN7O3. The minimum atomic E-state index is -0.313. The Bertz CT molecular complexity index is 1330. The van der Waals surface area contributed by atoms with Crippen molar-refractivity contribution in [2.45, 2.75) is 20.3 Å². The summed E-state index contributed by atoms with van der Waals surface area (Å²) in [7, 11) is 7.59. The number of rotatable bonds is 15. The molecule has 0 aliphatic heterocycles. The van der Waals surface area contributed by atoms with E-state index in [1.54, 1.807) is 19.2 Å². The number of nitrogens with zero attached hydrogens (tertiary/aromatic N) is 4. The number of ether oxygens (including phenoxy) is 2. The van der Waals surface area contributed by atoms with Gasteiger partial charge in [-0.2, -0.15) is 0 Å². The number of amides is 1. The molecule has 41 heavy (non-hydrogen) atoms. The van der Waals surface area contributed by atoms with Crippen LogP contribution in [0.4, 0.5) is 34.4 Å². The predicted molar refractivity (Wildman–Crippen MR) is 169 cm³/mol. The minimum absolute atomic E-state index is 0.313. The Kier molecular flexibility index (Phi) is 11.6. The third-order valence-electron chi connectivity index (χ3n) is 6.14. The van der Waals surface area contributed by atoms with Crippen molar-refractivity contribution in [2.24, 2.45) is 5.92 Å². The molecule has 220 valence electrons. The monoisotopic (exact) mass is 581 g/mol. The van der Waals surface area contributed by atoms with Gasteiger partial charge in [-0.3, -0.25) is 4.79 Å². The Hall–Kier alpha value is -4.02. The van der Waals surface area contributed by atoms with Gasteiger partial charge >= 0.3 is 0 Å². The Labute approximate surface area is 247 Å². The second kappa shape index (κ2) is 15.1. The lowest BCUT2D eigenvalue weighted by Gasteiger charge is -2.26. The molecule has 0 aliphatic carbocycles. The number of nitrogens with one attached hydrogen (secondary N) is 3. The lowest BCUT2D eigenvalue weighted by atomic mass is 10.1. The zero-order chi connectivity index (χ0) is 29.9. The fourth-order valence-electron chi connectivity index (χ4n) is 3.79. The Balaban J connectivity index is 1.82. The summed E-state index contributed by atoms with van der Waals surface area (Å²) in [6, 6.07) is 11.0. The van der Waals surface area contributed by atoms with Crippen molar-refractivity contribution in [1.29, 1.82) is 0 Å². The molecule has 10 nitrogen and oxygen atoms in total. The molecule has 0 aliphatic rings. The molecule has 1 aromatic heterocycles. The fraction of sp³-hybridized carbons (Fsp3) is 0.367. The van der Waals surface area contributed by atoms with Gasteiger partial charge in [-0.25, -0.2) is 9.97 Å². The SMILES string of the molecule is C=CC(=O)Nc1cc(Nc2cc(Nc3ccc(OCCC(C)C)c(Cl)c3)ncn2)c(OC)cc1N(C)CCN(C)C. The Morgan fingerprint density at radius 1 is 1.02 bits per heavy atom. The van der Waals surface area contributed by atoms with Crippen LogP contribution in [0.15, 0.2) is 55.4 Å². The lowest BCUT2D eigenvalue weighted by molar-refractivity contribution is -0.111. The molecule has 0 saturated heterocycles. The average molecular weight is 582 g/mol. The molecule has 3 N–H and O–H groups in total. The molecule has 0 unspecified atom stereocenters. The van der Waals surface area contributed by atoms with Gasteiger partial charge in [0.05, 0.1) is 35.8 Å². The summed E-state index contributed by atoms with van der Waals surface area (Å²) in [5, 5.41) is 9.95. The number of benzene rings is 2. The van der Waals surface area contributed by atoms with E-state index in [2.05, 4.69) is 56.1 Å². The summed E-state index contributed by atoms with van der Waals surface area (Å²) in [5.41, 5.74) is 2.79. The summed E-state index contributed by atoms with van der Waals surface area (Å²) in [6.45, 7) is 10.1. The van der Waals surface area contributed by atoms with E-state index in [4.69, 9.17) is 21.1 Å². The van der Waals surface area contributed by atoms with E-state index in [-0.39, 0.29) is 5.91 Å². The van der Waals surface area contributed by atoms with Gasteiger partial charge in [-0.15, -0.1) is 0 Å². The molecule has 2 aromatic carbocycles. The number of aromatic nitrogens is 2. The maximum Gasteiger partial charge on any atom is 0.247 e. The Morgan fingerprint density at radius 2 is 1.76 bits per heavy atom. The van der Waals surface area contributed by atoms with Gasteiger partial charge in [0.2, 0.25) is 5.91 Å². The molecule has 11 heteroatoms. The number of likely N-dealkylation sites (N-methyl/N-ethyl adjacent to an activating group) is 2. The molecular weight excluding hydrogens is 542 g/mol. The van der Waals surface area contributed by atoms with Crippen molar-refractivity contribution >= 4 is 51.9 Å². The normalized spacial score (nSPS) is 10.9. The molecule has 1 heterocycles.